The summed E-state index contributed by atoms with van der Waals surface area (Å²) < 4.78 is 0. The van der Waals surface area contributed by atoms with Crippen LogP contribution in [0.4, 0.5) is 0 Å². The molecule has 0 saturated carbocycles. The zero-order valence-electron chi connectivity index (χ0n) is 10.7. The van der Waals surface area contributed by atoms with Gasteiger partial charge in [-0.1, -0.05) is 53.5 Å². The van der Waals surface area contributed by atoms with Gasteiger partial charge < -0.3 is 4.90 Å². The van der Waals surface area contributed by atoms with Crippen molar-refractivity contribution >= 4 is 29.0 Å². The van der Waals surface area contributed by atoms with Crippen LogP contribution in [0.1, 0.15) is 22.7 Å². The van der Waals surface area contributed by atoms with Crippen molar-refractivity contribution in [3.05, 3.63) is 69.2 Å². The van der Waals surface area contributed by atoms with Crippen LogP contribution in [0.5, 0.6) is 0 Å². The second-order valence-corrected chi connectivity index (χ2v) is 5.88. The highest BCUT2D eigenvalue weighted by molar-refractivity contribution is 6.42. The lowest BCUT2D eigenvalue weighted by Crippen LogP contribution is -2.26. The van der Waals surface area contributed by atoms with Gasteiger partial charge in [0, 0.05) is 12.1 Å². The van der Waals surface area contributed by atoms with Crippen LogP contribution in [0.3, 0.4) is 0 Å². The molecule has 2 aromatic carbocycles. The molecule has 0 saturated heterocycles. The van der Waals surface area contributed by atoms with Crippen molar-refractivity contribution < 1.29 is 0 Å². The molecule has 0 aromatic heterocycles. The molecule has 0 fully saturated rings. The van der Waals surface area contributed by atoms with Gasteiger partial charge in [0.2, 0.25) is 0 Å². The third-order valence-corrected chi connectivity index (χ3v) is 4.68. The molecule has 0 radical (unpaired) electrons. The van der Waals surface area contributed by atoms with Crippen molar-refractivity contribution in [1.82, 2.24) is 4.90 Å². The minimum atomic E-state index is 0.196. The Morgan fingerprint density at radius 3 is 2.75 bits per heavy atom. The quantitative estimate of drug-likeness (QED) is 0.772. The van der Waals surface area contributed by atoms with E-state index in [1.54, 1.807) is 0 Å². The lowest BCUT2D eigenvalue weighted by Gasteiger charge is -2.24. The number of nitrogens with zero attached hydrogens (tertiary/aromatic N) is 2. The maximum absolute atomic E-state index is 6.18. The van der Waals surface area contributed by atoms with E-state index in [9.17, 15) is 0 Å². The highest BCUT2D eigenvalue weighted by atomic mass is 35.5. The van der Waals surface area contributed by atoms with Gasteiger partial charge in [0.25, 0.3) is 0 Å². The number of benzene rings is 2. The second kappa shape index (κ2) is 4.51. The Bertz CT molecular complexity index is 724. The van der Waals surface area contributed by atoms with Gasteiger partial charge in [0.15, 0.2) is 0 Å². The summed E-state index contributed by atoms with van der Waals surface area (Å²) in [7, 11) is 0. The number of rotatable bonds is 1. The molecule has 1 atom stereocenters. The molecule has 2 aliphatic rings. The predicted octanol–water partition coefficient (Wildman–Crippen LogP) is 4.16. The van der Waals surface area contributed by atoms with Crippen LogP contribution in [0.25, 0.3) is 0 Å². The van der Waals surface area contributed by atoms with Gasteiger partial charge in [-0.15, -0.1) is 0 Å². The topological polar surface area (TPSA) is 15.6 Å². The molecule has 2 heterocycles. The Hall–Kier alpha value is -1.51. The molecule has 100 valence electrons. The van der Waals surface area contributed by atoms with E-state index < -0.39 is 0 Å². The van der Waals surface area contributed by atoms with E-state index >= 15 is 0 Å². The molecule has 2 aliphatic heterocycles. The van der Waals surface area contributed by atoms with Gasteiger partial charge in [-0.3, -0.25) is 4.99 Å². The first kappa shape index (κ1) is 12.2. The first-order valence-corrected chi connectivity index (χ1v) is 7.36. The van der Waals surface area contributed by atoms with E-state index in [2.05, 4.69) is 40.2 Å². The third kappa shape index (κ3) is 1.68. The summed E-state index contributed by atoms with van der Waals surface area (Å²) in [6, 6.07) is 14.5. The zero-order chi connectivity index (χ0) is 13.7. The Kier molecular flexibility index (Phi) is 2.76. The molecular weight excluding hydrogens is 291 g/mol. The van der Waals surface area contributed by atoms with E-state index in [-0.39, 0.29) is 6.04 Å². The molecule has 0 N–H and O–H groups in total. The first-order valence-electron chi connectivity index (χ1n) is 6.61. The molecule has 2 aromatic rings. The average molecular weight is 303 g/mol. The Labute approximate surface area is 127 Å². The lowest BCUT2D eigenvalue weighted by molar-refractivity contribution is 0.406. The molecule has 4 rings (SSSR count). The lowest BCUT2D eigenvalue weighted by atomic mass is 9.98. The fourth-order valence-electron chi connectivity index (χ4n) is 3.10. The van der Waals surface area contributed by atoms with E-state index in [0.717, 1.165) is 18.9 Å². The van der Waals surface area contributed by atoms with Gasteiger partial charge in [-0.05, 0) is 23.3 Å². The summed E-state index contributed by atoms with van der Waals surface area (Å²) in [5.74, 6) is 1.11. The number of amidine groups is 1. The van der Waals surface area contributed by atoms with Crippen LogP contribution in [0, 0.1) is 0 Å². The summed E-state index contributed by atoms with van der Waals surface area (Å²) in [6.45, 7) is 1.82. The van der Waals surface area contributed by atoms with Gasteiger partial charge in [-0.25, -0.2) is 0 Å². The molecule has 0 amide bonds. The van der Waals surface area contributed by atoms with Crippen molar-refractivity contribution in [1.29, 1.82) is 0 Å². The molecule has 0 bridgehead atoms. The van der Waals surface area contributed by atoms with Crippen molar-refractivity contribution in [3.63, 3.8) is 0 Å². The molecule has 1 unspecified atom stereocenters. The highest BCUT2D eigenvalue weighted by Crippen LogP contribution is 2.41. The number of fused-ring (bicyclic) bond motifs is 3. The first-order chi connectivity index (χ1) is 9.75. The smallest absolute Gasteiger partial charge is 0.132 e. The summed E-state index contributed by atoms with van der Waals surface area (Å²) in [4.78, 5) is 6.99. The zero-order valence-corrected chi connectivity index (χ0v) is 12.2. The monoisotopic (exact) mass is 302 g/mol. The van der Waals surface area contributed by atoms with E-state index in [4.69, 9.17) is 23.2 Å². The average Bonchev–Trinajstić information content (AvgIpc) is 3.02. The maximum Gasteiger partial charge on any atom is 0.132 e. The Balaban J connectivity index is 1.89. The molecular formula is C16H12Cl2N2. The third-order valence-electron chi connectivity index (χ3n) is 3.94. The van der Waals surface area contributed by atoms with Crippen LogP contribution < -0.4 is 0 Å². The normalized spacial score (nSPS) is 19.8. The van der Waals surface area contributed by atoms with Crippen molar-refractivity contribution in [3.8, 4) is 0 Å². The molecule has 4 heteroatoms. The summed E-state index contributed by atoms with van der Waals surface area (Å²) in [6.07, 6.45) is 0. The molecule has 20 heavy (non-hydrogen) atoms. The number of hydrogen-bond donors (Lipinski definition) is 0. The SMILES string of the molecule is Clc1ccc(C2c3ccccc3C3=NCCN32)cc1Cl. The second-order valence-electron chi connectivity index (χ2n) is 5.06. The van der Waals surface area contributed by atoms with Crippen molar-refractivity contribution in [2.45, 2.75) is 6.04 Å². The van der Waals surface area contributed by atoms with Crippen LogP contribution in [0.2, 0.25) is 10.0 Å². The molecule has 0 aliphatic carbocycles. The minimum Gasteiger partial charge on any atom is -0.343 e. The molecule has 2 nitrogen and oxygen atoms in total. The van der Waals surface area contributed by atoms with E-state index in [0.29, 0.717) is 10.0 Å². The van der Waals surface area contributed by atoms with Crippen molar-refractivity contribution in [2.75, 3.05) is 13.1 Å². The van der Waals surface area contributed by atoms with Crippen molar-refractivity contribution in [2.24, 2.45) is 4.99 Å². The Morgan fingerprint density at radius 2 is 1.90 bits per heavy atom. The fraction of sp³-hybridized carbons (Fsp3) is 0.188. The minimum absolute atomic E-state index is 0.196. The van der Waals surface area contributed by atoms with Gasteiger partial charge in [-0.2, -0.15) is 0 Å². The number of aliphatic imine (C=N–C) groups is 1. The number of hydrogen-bond acceptors (Lipinski definition) is 2. The van der Waals surface area contributed by atoms with Crippen LogP contribution in [0.15, 0.2) is 47.5 Å². The summed E-state index contributed by atoms with van der Waals surface area (Å²) in [5.41, 5.74) is 3.70. The maximum atomic E-state index is 6.18. The summed E-state index contributed by atoms with van der Waals surface area (Å²) >= 11 is 12.2. The van der Waals surface area contributed by atoms with Gasteiger partial charge >= 0.3 is 0 Å². The highest BCUT2D eigenvalue weighted by Gasteiger charge is 2.37. The van der Waals surface area contributed by atoms with Crippen LogP contribution in [-0.4, -0.2) is 23.8 Å². The number of halogens is 2. The van der Waals surface area contributed by atoms with Crippen LogP contribution in [-0.2, 0) is 0 Å². The summed E-state index contributed by atoms with van der Waals surface area (Å²) in [5, 5.41) is 1.20. The fourth-order valence-corrected chi connectivity index (χ4v) is 3.41. The largest absolute Gasteiger partial charge is 0.343 e. The van der Waals surface area contributed by atoms with Gasteiger partial charge in [0.1, 0.15) is 5.84 Å². The van der Waals surface area contributed by atoms with E-state index in [1.165, 1.54) is 16.7 Å². The van der Waals surface area contributed by atoms with Gasteiger partial charge in [0.05, 0.1) is 22.6 Å². The standard InChI is InChI=1S/C16H12Cl2N2/c17-13-6-5-10(9-14(13)18)15-11-3-1-2-4-12(11)16-19-7-8-20(15)16/h1-6,9,15H,7-8H2. The molecule has 0 spiro atoms. The predicted molar refractivity (Wildman–Crippen MR) is 82.9 cm³/mol. The van der Waals surface area contributed by atoms with Crippen LogP contribution >= 0.6 is 23.2 Å². The Morgan fingerprint density at radius 1 is 1.05 bits per heavy atom. The van der Waals surface area contributed by atoms with E-state index in [1.807, 2.05) is 12.1 Å².